The van der Waals surface area contributed by atoms with Gasteiger partial charge in [-0.25, -0.2) is 9.79 Å². The molecule has 0 saturated heterocycles. The molecule has 186 valence electrons. The van der Waals surface area contributed by atoms with E-state index in [9.17, 15) is 19.7 Å². The number of esters is 1. The molecule has 0 aliphatic carbocycles. The Bertz CT molecular complexity index is 1520. The molecule has 0 N–H and O–H groups in total. The Morgan fingerprint density at radius 3 is 2.44 bits per heavy atom. The minimum atomic E-state index is -0.729. The number of carbonyl (C=O) groups is 1. The number of benzene rings is 2. The van der Waals surface area contributed by atoms with Gasteiger partial charge in [-0.15, -0.1) is 0 Å². The van der Waals surface area contributed by atoms with Crippen molar-refractivity contribution in [3.8, 4) is 5.75 Å². The van der Waals surface area contributed by atoms with E-state index in [1.165, 1.54) is 28.0 Å². The maximum absolute atomic E-state index is 13.6. The van der Waals surface area contributed by atoms with Gasteiger partial charge in [0.2, 0.25) is 0 Å². The Morgan fingerprint density at radius 2 is 1.86 bits per heavy atom. The summed E-state index contributed by atoms with van der Waals surface area (Å²) >= 11 is 1.19. The van der Waals surface area contributed by atoms with Gasteiger partial charge in [0.25, 0.3) is 11.2 Å². The zero-order valence-corrected chi connectivity index (χ0v) is 21.1. The lowest BCUT2D eigenvalue weighted by Gasteiger charge is -2.25. The van der Waals surface area contributed by atoms with Crippen molar-refractivity contribution in [2.24, 2.45) is 4.99 Å². The van der Waals surface area contributed by atoms with Gasteiger partial charge >= 0.3 is 5.97 Å². The summed E-state index contributed by atoms with van der Waals surface area (Å²) in [4.78, 5) is 42.0. The Hall–Kier alpha value is -4.05. The predicted octanol–water partition coefficient (Wildman–Crippen LogP) is 3.49. The number of hydrogen-bond acceptors (Lipinski definition) is 8. The van der Waals surface area contributed by atoms with Crippen LogP contribution in [0.1, 0.15) is 44.9 Å². The molecular weight excluding hydrogens is 482 g/mol. The minimum Gasteiger partial charge on any atom is -0.491 e. The summed E-state index contributed by atoms with van der Waals surface area (Å²) in [5.41, 5.74) is 1.77. The number of nitro benzene ring substituents is 1. The van der Waals surface area contributed by atoms with Crippen LogP contribution in [-0.2, 0) is 9.53 Å². The maximum atomic E-state index is 13.6. The number of fused-ring (bicyclic) bond motifs is 1. The lowest BCUT2D eigenvalue weighted by Crippen LogP contribution is -2.39. The first-order valence-electron chi connectivity index (χ1n) is 11.4. The smallest absolute Gasteiger partial charge is 0.338 e. The van der Waals surface area contributed by atoms with Crippen LogP contribution in [0.5, 0.6) is 5.75 Å². The fraction of sp³-hybridized carbons (Fsp3) is 0.269. The van der Waals surface area contributed by atoms with Crippen molar-refractivity contribution in [1.29, 1.82) is 0 Å². The molecule has 0 bridgehead atoms. The average Bonchev–Trinajstić information content (AvgIpc) is 3.13. The molecule has 1 atom stereocenters. The highest BCUT2D eigenvalue weighted by Gasteiger charge is 2.33. The van der Waals surface area contributed by atoms with E-state index in [0.717, 1.165) is 0 Å². The molecule has 0 saturated carbocycles. The highest BCUT2D eigenvalue weighted by atomic mass is 32.1. The maximum Gasteiger partial charge on any atom is 0.338 e. The van der Waals surface area contributed by atoms with Gasteiger partial charge in [0, 0.05) is 12.1 Å². The van der Waals surface area contributed by atoms with E-state index in [4.69, 9.17) is 9.47 Å². The summed E-state index contributed by atoms with van der Waals surface area (Å²) in [6, 6.07) is 12.5. The topological polar surface area (TPSA) is 113 Å². The molecule has 4 rings (SSSR count). The van der Waals surface area contributed by atoms with Crippen molar-refractivity contribution in [3.63, 3.8) is 0 Å². The van der Waals surface area contributed by atoms with E-state index in [0.29, 0.717) is 37.5 Å². The monoisotopic (exact) mass is 507 g/mol. The number of nitro groups is 1. The zero-order chi connectivity index (χ0) is 26.0. The minimum absolute atomic E-state index is 0.00479. The van der Waals surface area contributed by atoms with Gasteiger partial charge in [0.05, 0.1) is 39.5 Å². The number of aromatic nitrogens is 1. The van der Waals surface area contributed by atoms with Crippen molar-refractivity contribution >= 4 is 29.1 Å². The van der Waals surface area contributed by atoms with Gasteiger partial charge < -0.3 is 9.47 Å². The second-order valence-electron chi connectivity index (χ2n) is 8.39. The molecule has 0 spiro atoms. The first-order valence-corrected chi connectivity index (χ1v) is 12.2. The third kappa shape index (κ3) is 4.99. The highest BCUT2D eigenvalue weighted by Crippen LogP contribution is 2.31. The molecule has 1 aliphatic heterocycles. The SMILES string of the molecule is CCOC(=O)C1=C(C)N=c2s/c(=C\c3ccc([N+](=O)[O-])cc3)c(=O)n2[C@H]1c1ccc(OC(C)C)cc1. The van der Waals surface area contributed by atoms with Crippen LogP contribution in [0.2, 0.25) is 0 Å². The molecule has 0 fully saturated rings. The Morgan fingerprint density at radius 1 is 1.19 bits per heavy atom. The predicted molar refractivity (Wildman–Crippen MR) is 136 cm³/mol. The van der Waals surface area contributed by atoms with Crippen LogP contribution in [0.15, 0.2) is 69.6 Å². The number of allylic oxidation sites excluding steroid dienone is 1. The first kappa shape index (κ1) is 25.1. The van der Waals surface area contributed by atoms with Crippen LogP contribution in [-0.4, -0.2) is 28.2 Å². The van der Waals surface area contributed by atoms with Gasteiger partial charge in [-0.3, -0.25) is 19.5 Å². The molecule has 0 radical (unpaired) electrons. The van der Waals surface area contributed by atoms with E-state index < -0.39 is 16.9 Å². The highest BCUT2D eigenvalue weighted by molar-refractivity contribution is 7.07. The molecule has 3 aromatic rings. The van der Waals surface area contributed by atoms with E-state index in [1.807, 2.05) is 26.0 Å². The second-order valence-corrected chi connectivity index (χ2v) is 9.40. The van der Waals surface area contributed by atoms with Gasteiger partial charge in [-0.2, -0.15) is 0 Å². The second kappa shape index (κ2) is 10.3. The van der Waals surface area contributed by atoms with Gasteiger partial charge in [0.15, 0.2) is 4.80 Å². The first-order chi connectivity index (χ1) is 17.2. The molecule has 9 nitrogen and oxygen atoms in total. The normalized spacial score (nSPS) is 15.5. The molecule has 10 heteroatoms. The van der Waals surface area contributed by atoms with E-state index in [2.05, 4.69) is 4.99 Å². The summed E-state index contributed by atoms with van der Waals surface area (Å²) in [5, 5.41) is 10.9. The molecule has 1 aromatic heterocycles. The summed E-state index contributed by atoms with van der Waals surface area (Å²) in [5.74, 6) is 0.147. The number of rotatable bonds is 7. The fourth-order valence-corrected chi connectivity index (χ4v) is 5.00. The van der Waals surface area contributed by atoms with Crippen LogP contribution in [0.4, 0.5) is 5.69 Å². The Kier molecular flexibility index (Phi) is 7.16. The molecule has 2 heterocycles. The standard InChI is InChI=1S/C26H25N3O6S/c1-5-34-25(31)22-16(4)27-26-28(23(22)18-8-12-20(13-9-18)35-15(2)3)24(30)21(36-26)14-17-6-10-19(11-7-17)29(32)33/h6-15,23H,5H2,1-4H3/b21-14-/t23-/m0/s1. The van der Waals surface area contributed by atoms with Crippen LogP contribution in [0.25, 0.3) is 6.08 Å². The number of non-ortho nitro benzene ring substituents is 1. The van der Waals surface area contributed by atoms with Gasteiger partial charge in [-0.05, 0) is 69.2 Å². The molecule has 36 heavy (non-hydrogen) atoms. The number of ether oxygens (including phenoxy) is 2. The number of nitrogens with zero attached hydrogens (tertiary/aromatic N) is 3. The molecular formula is C26H25N3O6S. The van der Waals surface area contributed by atoms with E-state index >= 15 is 0 Å². The fourth-order valence-electron chi connectivity index (χ4n) is 3.95. The summed E-state index contributed by atoms with van der Waals surface area (Å²) in [6.45, 7) is 7.50. The number of hydrogen-bond donors (Lipinski definition) is 0. The molecule has 0 amide bonds. The number of thiazole rings is 1. The quantitative estimate of drug-likeness (QED) is 0.275. The van der Waals surface area contributed by atoms with Crippen molar-refractivity contribution in [3.05, 3.63) is 101 Å². The third-order valence-corrected chi connectivity index (χ3v) is 6.47. The van der Waals surface area contributed by atoms with Gasteiger partial charge in [-0.1, -0.05) is 23.5 Å². The third-order valence-electron chi connectivity index (χ3n) is 5.49. The summed E-state index contributed by atoms with van der Waals surface area (Å²) < 4.78 is 12.9. The lowest BCUT2D eigenvalue weighted by molar-refractivity contribution is -0.384. The largest absolute Gasteiger partial charge is 0.491 e. The van der Waals surface area contributed by atoms with Crippen molar-refractivity contribution < 1.29 is 19.2 Å². The lowest BCUT2D eigenvalue weighted by atomic mass is 9.96. The van der Waals surface area contributed by atoms with Crippen LogP contribution in [0.3, 0.4) is 0 Å². The molecule has 2 aromatic carbocycles. The Balaban J connectivity index is 1.86. The number of carbonyl (C=O) groups excluding carboxylic acids is 1. The van der Waals surface area contributed by atoms with Gasteiger partial charge in [0.1, 0.15) is 5.75 Å². The van der Waals surface area contributed by atoms with E-state index in [1.54, 1.807) is 44.2 Å². The summed E-state index contributed by atoms with van der Waals surface area (Å²) in [6.07, 6.45) is 1.67. The molecule has 0 unspecified atom stereocenters. The molecule has 1 aliphatic rings. The van der Waals surface area contributed by atoms with Crippen molar-refractivity contribution in [1.82, 2.24) is 4.57 Å². The average molecular weight is 508 g/mol. The van der Waals surface area contributed by atoms with Crippen molar-refractivity contribution in [2.75, 3.05) is 6.61 Å². The zero-order valence-electron chi connectivity index (χ0n) is 20.3. The van der Waals surface area contributed by atoms with Crippen LogP contribution in [0, 0.1) is 10.1 Å². The van der Waals surface area contributed by atoms with Crippen LogP contribution < -0.4 is 19.6 Å². The van der Waals surface area contributed by atoms with Crippen molar-refractivity contribution in [2.45, 2.75) is 39.8 Å². The Labute approximate surface area is 210 Å². The van der Waals surface area contributed by atoms with E-state index in [-0.39, 0.29) is 24.0 Å². The van der Waals surface area contributed by atoms with Crippen LogP contribution >= 0.6 is 11.3 Å². The summed E-state index contributed by atoms with van der Waals surface area (Å²) in [7, 11) is 0.